The number of nitrogens with zero attached hydrogens (tertiary/aromatic N) is 2. The summed E-state index contributed by atoms with van der Waals surface area (Å²) in [5.74, 6) is -0.146. The highest BCUT2D eigenvalue weighted by molar-refractivity contribution is 5.35. The van der Waals surface area contributed by atoms with Gasteiger partial charge in [0.15, 0.2) is 5.82 Å². The maximum absolute atomic E-state index is 14.5. The Morgan fingerprint density at radius 3 is 2.67 bits per heavy atom. The van der Waals surface area contributed by atoms with E-state index in [1.807, 2.05) is 0 Å². The predicted octanol–water partition coefficient (Wildman–Crippen LogP) is 3.95. The largest absolute Gasteiger partial charge is 0.381 e. The maximum atomic E-state index is 14.5. The third-order valence-corrected chi connectivity index (χ3v) is 5.64. The average Bonchev–Trinajstić information content (AvgIpc) is 3.33. The topological polar surface area (TPSA) is 57.4 Å². The first-order valence-electron chi connectivity index (χ1n) is 9.65. The molecule has 1 saturated heterocycles. The van der Waals surface area contributed by atoms with Crippen LogP contribution in [0, 0.1) is 11.6 Å². The van der Waals surface area contributed by atoms with E-state index in [1.54, 1.807) is 0 Å². The van der Waals surface area contributed by atoms with Gasteiger partial charge in [0, 0.05) is 24.8 Å². The van der Waals surface area contributed by atoms with Crippen molar-refractivity contribution in [1.29, 1.82) is 0 Å². The van der Waals surface area contributed by atoms with Crippen LogP contribution in [0.3, 0.4) is 0 Å². The van der Waals surface area contributed by atoms with Gasteiger partial charge in [0.2, 0.25) is 5.89 Å². The molecule has 2 aromatic rings. The number of halogens is 2. The summed E-state index contributed by atoms with van der Waals surface area (Å²) >= 11 is 0. The molecule has 0 amide bonds. The van der Waals surface area contributed by atoms with Crippen LogP contribution in [0.15, 0.2) is 22.7 Å². The second-order valence-electron chi connectivity index (χ2n) is 7.36. The third kappa shape index (κ3) is 3.89. The average molecular weight is 378 g/mol. The minimum Gasteiger partial charge on any atom is -0.381 e. The zero-order valence-electron chi connectivity index (χ0n) is 15.3. The molecule has 2 aliphatic rings. The van der Waals surface area contributed by atoms with Crippen molar-refractivity contribution in [2.45, 2.75) is 56.5 Å². The van der Waals surface area contributed by atoms with Crippen molar-refractivity contribution in [3.8, 4) is 0 Å². The molecule has 1 aromatic heterocycles. The molecule has 0 N–H and O–H groups in total. The normalized spacial score (nSPS) is 20.2. The van der Waals surface area contributed by atoms with Crippen molar-refractivity contribution in [3.05, 3.63) is 47.1 Å². The van der Waals surface area contributed by atoms with E-state index in [9.17, 15) is 8.78 Å². The highest BCUT2D eigenvalue weighted by Gasteiger charge is 2.43. The monoisotopic (exact) mass is 378 g/mol. The SMILES string of the molecule is Fc1ccc(C2(c3noc(CCOC4CCOCC4)n3)CCCC2)c(F)c1. The number of rotatable bonds is 6. The lowest BCUT2D eigenvalue weighted by molar-refractivity contribution is -0.0318. The molecule has 0 radical (unpaired) electrons. The van der Waals surface area contributed by atoms with Crippen molar-refractivity contribution < 1.29 is 22.8 Å². The molecule has 2 fully saturated rings. The van der Waals surface area contributed by atoms with Crippen molar-refractivity contribution in [2.75, 3.05) is 19.8 Å². The molecule has 0 spiro atoms. The van der Waals surface area contributed by atoms with E-state index in [0.29, 0.717) is 30.3 Å². The lowest BCUT2D eigenvalue weighted by atomic mass is 9.78. The highest BCUT2D eigenvalue weighted by Crippen LogP contribution is 2.46. The molecular formula is C20H24F2N2O3. The van der Waals surface area contributed by atoms with Gasteiger partial charge in [0.05, 0.1) is 24.5 Å². The Kier molecular flexibility index (Phi) is 5.50. The van der Waals surface area contributed by atoms with Gasteiger partial charge in [0.25, 0.3) is 0 Å². The van der Waals surface area contributed by atoms with E-state index in [1.165, 1.54) is 12.1 Å². The highest BCUT2D eigenvalue weighted by atomic mass is 19.1. The van der Waals surface area contributed by atoms with Crippen LogP contribution in [0.25, 0.3) is 0 Å². The van der Waals surface area contributed by atoms with Crippen LogP contribution in [0.4, 0.5) is 8.78 Å². The second-order valence-corrected chi connectivity index (χ2v) is 7.36. The van der Waals surface area contributed by atoms with Crippen LogP contribution in [-0.2, 0) is 21.3 Å². The van der Waals surface area contributed by atoms with Gasteiger partial charge in [-0.1, -0.05) is 24.1 Å². The molecule has 1 aliphatic carbocycles. The van der Waals surface area contributed by atoms with Crippen LogP contribution >= 0.6 is 0 Å². The Morgan fingerprint density at radius 2 is 1.93 bits per heavy atom. The molecular weight excluding hydrogens is 354 g/mol. The summed E-state index contributed by atoms with van der Waals surface area (Å²) in [7, 11) is 0. The molecule has 7 heteroatoms. The smallest absolute Gasteiger partial charge is 0.228 e. The van der Waals surface area contributed by atoms with Gasteiger partial charge < -0.3 is 14.0 Å². The summed E-state index contributed by atoms with van der Waals surface area (Å²) in [6.45, 7) is 1.98. The van der Waals surface area contributed by atoms with E-state index < -0.39 is 17.0 Å². The summed E-state index contributed by atoms with van der Waals surface area (Å²) in [6, 6.07) is 3.74. The Morgan fingerprint density at radius 1 is 1.15 bits per heavy atom. The van der Waals surface area contributed by atoms with Crippen molar-refractivity contribution in [2.24, 2.45) is 0 Å². The zero-order chi connectivity index (χ0) is 18.7. The first kappa shape index (κ1) is 18.5. The molecule has 5 nitrogen and oxygen atoms in total. The van der Waals surface area contributed by atoms with E-state index in [-0.39, 0.29) is 6.10 Å². The minimum absolute atomic E-state index is 0.218. The lowest BCUT2D eigenvalue weighted by Crippen LogP contribution is -2.27. The summed E-state index contributed by atoms with van der Waals surface area (Å²) in [6.07, 6.45) is 5.91. The third-order valence-electron chi connectivity index (χ3n) is 5.64. The van der Waals surface area contributed by atoms with Crippen LogP contribution in [0.5, 0.6) is 0 Å². The number of hydrogen-bond donors (Lipinski definition) is 0. The number of benzene rings is 1. The Balaban J connectivity index is 1.47. The molecule has 27 heavy (non-hydrogen) atoms. The van der Waals surface area contributed by atoms with Crippen LogP contribution in [0.1, 0.15) is 55.8 Å². The quantitative estimate of drug-likeness (QED) is 0.762. The number of aromatic nitrogens is 2. The Bertz CT molecular complexity index is 768. The van der Waals surface area contributed by atoms with Crippen LogP contribution in [0.2, 0.25) is 0 Å². The molecule has 1 aromatic carbocycles. The first-order chi connectivity index (χ1) is 13.2. The summed E-state index contributed by atoms with van der Waals surface area (Å²) in [5.41, 5.74) is -0.187. The molecule has 0 bridgehead atoms. The Hall–Kier alpha value is -1.86. The van der Waals surface area contributed by atoms with Gasteiger partial charge in [-0.3, -0.25) is 0 Å². The molecule has 2 heterocycles. The number of hydrogen-bond acceptors (Lipinski definition) is 5. The van der Waals surface area contributed by atoms with E-state index in [4.69, 9.17) is 14.0 Å². The molecule has 0 unspecified atom stereocenters. The van der Waals surface area contributed by atoms with Crippen LogP contribution in [-0.4, -0.2) is 36.1 Å². The van der Waals surface area contributed by atoms with Crippen molar-refractivity contribution in [1.82, 2.24) is 10.1 Å². The van der Waals surface area contributed by atoms with Gasteiger partial charge in [-0.05, 0) is 31.7 Å². The molecule has 146 valence electrons. The summed E-state index contributed by atoms with van der Waals surface area (Å²) in [5, 5.41) is 4.15. The first-order valence-corrected chi connectivity index (χ1v) is 9.65. The van der Waals surface area contributed by atoms with E-state index in [2.05, 4.69) is 10.1 Å². The van der Waals surface area contributed by atoms with Gasteiger partial charge in [-0.25, -0.2) is 8.78 Å². The second kappa shape index (κ2) is 8.02. The fourth-order valence-corrected chi connectivity index (χ4v) is 4.18. The van der Waals surface area contributed by atoms with Gasteiger partial charge in [0.1, 0.15) is 11.6 Å². The van der Waals surface area contributed by atoms with Gasteiger partial charge in [-0.2, -0.15) is 4.98 Å². The molecule has 1 aliphatic heterocycles. The molecule has 0 atom stereocenters. The van der Waals surface area contributed by atoms with E-state index >= 15 is 0 Å². The molecule has 1 saturated carbocycles. The van der Waals surface area contributed by atoms with Gasteiger partial charge in [-0.15, -0.1) is 0 Å². The predicted molar refractivity (Wildman–Crippen MR) is 93.4 cm³/mol. The summed E-state index contributed by atoms with van der Waals surface area (Å²) in [4.78, 5) is 4.54. The van der Waals surface area contributed by atoms with Gasteiger partial charge >= 0.3 is 0 Å². The zero-order valence-corrected chi connectivity index (χ0v) is 15.3. The Labute approximate surface area is 157 Å². The number of ether oxygens (including phenoxy) is 2. The van der Waals surface area contributed by atoms with Crippen molar-refractivity contribution >= 4 is 0 Å². The fourth-order valence-electron chi connectivity index (χ4n) is 4.18. The minimum atomic E-state index is -0.638. The summed E-state index contributed by atoms with van der Waals surface area (Å²) < 4.78 is 44.4. The maximum Gasteiger partial charge on any atom is 0.228 e. The molecule has 4 rings (SSSR count). The lowest BCUT2D eigenvalue weighted by Gasteiger charge is -2.26. The fraction of sp³-hybridized carbons (Fsp3) is 0.600. The van der Waals surface area contributed by atoms with Crippen molar-refractivity contribution in [3.63, 3.8) is 0 Å². The van der Waals surface area contributed by atoms with E-state index in [0.717, 1.165) is 57.8 Å². The van der Waals surface area contributed by atoms with Crippen LogP contribution < -0.4 is 0 Å². The standard InChI is InChI=1S/C20H24F2N2O3/c21-14-3-4-16(17(22)13-14)20(8-1-2-9-20)19-23-18(27-24-19)7-12-26-15-5-10-25-11-6-15/h3-4,13,15H,1-2,5-12H2.